The summed E-state index contributed by atoms with van der Waals surface area (Å²) >= 11 is 0. The molecule has 0 amide bonds. The molecule has 1 aliphatic heterocycles. The van der Waals surface area contributed by atoms with Crippen LogP contribution in [0, 0.1) is 5.92 Å². The number of ketones is 1. The Balaban J connectivity index is 2.30. The summed E-state index contributed by atoms with van der Waals surface area (Å²) in [5.74, 6) is 0.526. The molecule has 1 unspecified atom stereocenters. The summed E-state index contributed by atoms with van der Waals surface area (Å²) in [5, 5.41) is 0. The highest BCUT2D eigenvalue weighted by Crippen LogP contribution is 2.22. The van der Waals surface area contributed by atoms with Gasteiger partial charge in [-0.1, -0.05) is 26.2 Å². The molecule has 0 aromatic carbocycles. The maximum absolute atomic E-state index is 11.9. The van der Waals surface area contributed by atoms with Crippen LogP contribution in [0.3, 0.4) is 0 Å². The van der Waals surface area contributed by atoms with Gasteiger partial charge < -0.3 is 0 Å². The zero-order valence-corrected chi connectivity index (χ0v) is 13.0. The summed E-state index contributed by atoms with van der Waals surface area (Å²) < 4.78 is 24.5. The van der Waals surface area contributed by atoms with Gasteiger partial charge in [0.25, 0.3) is 0 Å². The van der Waals surface area contributed by atoms with Crippen LogP contribution >= 0.6 is 0 Å². The van der Waals surface area contributed by atoms with Crippen molar-refractivity contribution in [3.63, 3.8) is 0 Å². The van der Waals surface area contributed by atoms with Crippen molar-refractivity contribution in [1.29, 1.82) is 0 Å². The molecular formula is C14H27NO3S. The van der Waals surface area contributed by atoms with Gasteiger partial charge in [-0.15, -0.1) is 0 Å². The van der Waals surface area contributed by atoms with Crippen molar-refractivity contribution in [3.05, 3.63) is 0 Å². The lowest BCUT2D eigenvalue weighted by Gasteiger charge is -2.30. The van der Waals surface area contributed by atoms with E-state index in [9.17, 15) is 13.2 Å². The van der Waals surface area contributed by atoms with Crippen molar-refractivity contribution in [2.45, 2.75) is 58.3 Å². The molecule has 5 heteroatoms. The van der Waals surface area contributed by atoms with Crippen molar-refractivity contribution < 1.29 is 13.2 Å². The second-order valence-corrected chi connectivity index (χ2v) is 7.67. The van der Waals surface area contributed by atoms with Crippen LogP contribution in [0.15, 0.2) is 0 Å². The van der Waals surface area contributed by atoms with Crippen molar-refractivity contribution in [1.82, 2.24) is 4.31 Å². The molecule has 19 heavy (non-hydrogen) atoms. The van der Waals surface area contributed by atoms with Crippen LogP contribution in [-0.4, -0.2) is 37.9 Å². The zero-order valence-electron chi connectivity index (χ0n) is 12.2. The van der Waals surface area contributed by atoms with E-state index in [1.54, 1.807) is 0 Å². The molecular weight excluding hydrogens is 262 g/mol. The van der Waals surface area contributed by atoms with Crippen molar-refractivity contribution in [2.75, 3.05) is 19.3 Å². The van der Waals surface area contributed by atoms with Gasteiger partial charge in [-0.2, -0.15) is 0 Å². The number of hydrogen-bond donors (Lipinski definition) is 0. The number of hydrogen-bond acceptors (Lipinski definition) is 3. The number of unbranched alkanes of at least 4 members (excludes halogenated alkanes) is 3. The first-order valence-corrected chi connectivity index (χ1v) is 9.25. The van der Waals surface area contributed by atoms with E-state index in [1.807, 2.05) is 0 Å². The van der Waals surface area contributed by atoms with Gasteiger partial charge in [0.15, 0.2) is 0 Å². The fourth-order valence-corrected chi connectivity index (χ4v) is 3.61. The molecule has 1 heterocycles. The second-order valence-electron chi connectivity index (χ2n) is 5.68. The normalized spacial score (nSPS) is 21.5. The topological polar surface area (TPSA) is 54.5 Å². The van der Waals surface area contributed by atoms with Crippen LogP contribution < -0.4 is 0 Å². The highest BCUT2D eigenvalue weighted by molar-refractivity contribution is 7.88. The predicted octanol–water partition coefficient (Wildman–Crippen LogP) is 2.59. The number of sulfonamides is 1. The first kappa shape index (κ1) is 16.6. The summed E-state index contributed by atoms with van der Waals surface area (Å²) in [4.78, 5) is 11.9. The number of Topliss-reactive ketones (excluding diaryl/α,β-unsaturated/α-hetero) is 1. The summed E-state index contributed by atoms with van der Waals surface area (Å²) in [6.45, 7) is 3.29. The third kappa shape index (κ3) is 6.52. The smallest absolute Gasteiger partial charge is 0.211 e. The molecule has 1 aliphatic rings. The molecule has 1 rings (SSSR count). The molecule has 1 fully saturated rings. The van der Waals surface area contributed by atoms with Crippen molar-refractivity contribution in [2.24, 2.45) is 5.92 Å². The average molecular weight is 289 g/mol. The van der Waals surface area contributed by atoms with Crippen LogP contribution in [0.25, 0.3) is 0 Å². The third-order valence-electron chi connectivity index (χ3n) is 3.78. The van der Waals surface area contributed by atoms with E-state index in [2.05, 4.69) is 6.92 Å². The molecule has 0 N–H and O–H groups in total. The van der Waals surface area contributed by atoms with Crippen LogP contribution in [0.5, 0.6) is 0 Å². The molecule has 0 aliphatic carbocycles. The van der Waals surface area contributed by atoms with Crippen molar-refractivity contribution in [3.8, 4) is 0 Å². The minimum Gasteiger partial charge on any atom is -0.300 e. The monoisotopic (exact) mass is 289 g/mol. The SMILES string of the molecule is CCCCCCC(=O)CC1CCCN(S(C)(=O)=O)C1. The van der Waals surface area contributed by atoms with Gasteiger partial charge in [0, 0.05) is 25.9 Å². The highest BCUT2D eigenvalue weighted by atomic mass is 32.2. The van der Waals surface area contributed by atoms with Gasteiger partial charge in [-0.25, -0.2) is 12.7 Å². The summed E-state index contributed by atoms with van der Waals surface area (Å²) in [6.07, 6.45) is 8.80. The van der Waals surface area contributed by atoms with Crippen LogP contribution in [0.2, 0.25) is 0 Å². The van der Waals surface area contributed by atoms with E-state index in [0.29, 0.717) is 31.7 Å². The third-order valence-corrected chi connectivity index (χ3v) is 5.05. The first-order chi connectivity index (χ1) is 8.93. The molecule has 0 aromatic rings. The Labute approximate surface area is 117 Å². The van der Waals surface area contributed by atoms with Crippen LogP contribution in [0.1, 0.15) is 58.3 Å². The number of carbonyl (C=O) groups excluding carboxylic acids is 1. The molecule has 1 atom stereocenters. The highest BCUT2D eigenvalue weighted by Gasteiger charge is 2.26. The van der Waals surface area contributed by atoms with Crippen LogP contribution in [-0.2, 0) is 14.8 Å². The maximum Gasteiger partial charge on any atom is 0.211 e. The Kier molecular flexibility index (Phi) is 7.00. The number of carbonyl (C=O) groups is 1. The van der Waals surface area contributed by atoms with E-state index in [0.717, 1.165) is 25.7 Å². The maximum atomic E-state index is 11.9. The van der Waals surface area contributed by atoms with Gasteiger partial charge in [0.05, 0.1) is 6.26 Å². The molecule has 0 spiro atoms. The predicted molar refractivity (Wildman–Crippen MR) is 77.5 cm³/mol. The van der Waals surface area contributed by atoms with Crippen LogP contribution in [0.4, 0.5) is 0 Å². The summed E-state index contributed by atoms with van der Waals surface area (Å²) in [6, 6.07) is 0. The lowest BCUT2D eigenvalue weighted by Crippen LogP contribution is -2.39. The largest absolute Gasteiger partial charge is 0.300 e. The molecule has 4 nitrogen and oxygen atoms in total. The van der Waals surface area contributed by atoms with E-state index >= 15 is 0 Å². The van der Waals surface area contributed by atoms with Crippen molar-refractivity contribution >= 4 is 15.8 Å². The van der Waals surface area contributed by atoms with Gasteiger partial charge >= 0.3 is 0 Å². The molecule has 112 valence electrons. The van der Waals surface area contributed by atoms with E-state index in [-0.39, 0.29) is 5.92 Å². The van der Waals surface area contributed by atoms with Gasteiger partial charge in [0.2, 0.25) is 10.0 Å². The Morgan fingerprint density at radius 1 is 1.26 bits per heavy atom. The number of rotatable bonds is 8. The molecule has 1 saturated heterocycles. The van der Waals surface area contributed by atoms with E-state index in [1.165, 1.54) is 23.4 Å². The molecule has 0 saturated carbocycles. The fourth-order valence-electron chi connectivity index (χ4n) is 2.67. The van der Waals surface area contributed by atoms with Gasteiger partial charge in [0.1, 0.15) is 5.78 Å². The molecule has 0 radical (unpaired) electrons. The second kappa shape index (κ2) is 8.00. The quantitative estimate of drug-likeness (QED) is 0.645. The average Bonchev–Trinajstić information content (AvgIpc) is 2.34. The Bertz CT molecular complexity index is 378. The number of nitrogens with zero attached hydrogens (tertiary/aromatic N) is 1. The lowest BCUT2D eigenvalue weighted by atomic mass is 9.92. The van der Waals surface area contributed by atoms with Gasteiger partial charge in [-0.3, -0.25) is 4.79 Å². The Morgan fingerprint density at radius 3 is 2.63 bits per heavy atom. The minimum atomic E-state index is -3.10. The molecule has 0 bridgehead atoms. The standard InChI is InChI=1S/C14H27NO3S/c1-3-4-5-6-9-14(16)11-13-8-7-10-15(12-13)19(2,17)18/h13H,3-12H2,1-2H3. The summed E-state index contributed by atoms with van der Waals surface area (Å²) in [5.41, 5.74) is 0. The fraction of sp³-hybridized carbons (Fsp3) is 0.929. The Morgan fingerprint density at radius 2 is 2.00 bits per heavy atom. The summed E-state index contributed by atoms with van der Waals surface area (Å²) in [7, 11) is -3.10. The van der Waals surface area contributed by atoms with Gasteiger partial charge in [-0.05, 0) is 25.2 Å². The lowest BCUT2D eigenvalue weighted by molar-refractivity contribution is -0.120. The van der Waals surface area contributed by atoms with E-state index in [4.69, 9.17) is 0 Å². The first-order valence-electron chi connectivity index (χ1n) is 7.40. The number of piperidine rings is 1. The minimum absolute atomic E-state index is 0.224. The zero-order chi connectivity index (χ0) is 14.3. The van der Waals surface area contributed by atoms with E-state index < -0.39 is 10.0 Å². The Hall–Kier alpha value is -0.420. The molecule has 0 aromatic heterocycles.